The van der Waals surface area contributed by atoms with Crippen LogP contribution in [0.2, 0.25) is 0 Å². The van der Waals surface area contributed by atoms with E-state index in [1.54, 1.807) is 0 Å². The quantitative estimate of drug-likeness (QED) is 0.806. The highest BCUT2D eigenvalue weighted by Crippen LogP contribution is 2.30. The van der Waals surface area contributed by atoms with Gasteiger partial charge in [0.25, 0.3) is 5.91 Å². The number of benzene rings is 1. The van der Waals surface area contributed by atoms with Crippen molar-refractivity contribution < 1.29 is 9.18 Å². The standard InChI is InChI=1S/C14H12FN5OS/c1-8-9(2)22-14(20-7-16-18-19-20)12(8)13(21)17-11-5-3-10(15)4-6-11/h3-7H,1-2H3,(H,17,21). The van der Waals surface area contributed by atoms with Crippen LogP contribution in [0.3, 0.4) is 0 Å². The number of thiophene rings is 1. The molecule has 0 saturated heterocycles. The van der Waals surface area contributed by atoms with Gasteiger partial charge < -0.3 is 5.32 Å². The first kappa shape index (κ1) is 14.3. The van der Waals surface area contributed by atoms with E-state index < -0.39 is 0 Å². The predicted molar refractivity (Wildman–Crippen MR) is 80.9 cm³/mol. The maximum absolute atomic E-state index is 12.9. The monoisotopic (exact) mass is 317 g/mol. The van der Waals surface area contributed by atoms with Gasteiger partial charge in [0.1, 0.15) is 17.1 Å². The molecule has 112 valence electrons. The molecular weight excluding hydrogens is 305 g/mol. The van der Waals surface area contributed by atoms with Crippen molar-refractivity contribution in [2.75, 3.05) is 5.32 Å². The normalized spacial score (nSPS) is 10.7. The fraction of sp³-hybridized carbons (Fsp3) is 0.143. The second kappa shape index (κ2) is 5.64. The highest BCUT2D eigenvalue weighted by Gasteiger charge is 2.21. The maximum atomic E-state index is 12.9. The summed E-state index contributed by atoms with van der Waals surface area (Å²) >= 11 is 1.44. The van der Waals surface area contributed by atoms with E-state index in [0.717, 1.165) is 10.4 Å². The Balaban J connectivity index is 1.97. The number of aryl methyl sites for hydroxylation is 1. The van der Waals surface area contributed by atoms with Gasteiger partial charge in [-0.05, 0) is 54.1 Å². The first-order chi connectivity index (χ1) is 10.6. The van der Waals surface area contributed by atoms with E-state index in [4.69, 9.17) is 0 Å². The molecule has 1 amide bonds. The minimum Gasteiger partial charge on any atom is -0.322 e. The number of rotatable bonds is 3. The number of nitrogens with one attached hydrogen (secondary N) is 1. The number of hydrogen-bond donors (Lipinski definition) is 1. The second-order valence-electron chi connectivity index (χ2n) is 4.68. The molecule has 1 N–H and O–H groups in total. The number of carbonyl (C=O) groups is 1. The Kier molecular flexibility index (Phi) is 3.68. The fourth-order valence-corrected chi connectivity index (χ4v) is 3.09. The van der Waals surface area contributed by atoms with Crippen molar-refractivity contribution in [2.24, 2.45) is 0 Å². The van der Waals surface area contributed by atoms with Crippen molar-refractivity contribution in [2.45, 2.75) is 13.8 Å². The number of halogens is 1. The van der Waals surface area contributed by atoms with Crippen molar-refractivity contribution in [3.8, 4) is 5.00 Å². The highest BCUT2D eigenvalue weighted by atomic mass is 32.1. The number of aromatic nitrogens is 4. The van der Waals surface area contributed by atoms with Gasteiger partial charge >= 0.3 is 0 Å². The molecular formula is C14H12FN5OS. The van der Waals surface area contributed by atoms with Gasteiger partial charge in [0.2, 0.25) is 0 Å². The van der Waals surface area contributed by atoms with Crippen LogP contribution >= 0.6 is 11.3 Å². The lowest BCUT2D eigenvalue weighted by molar-refractivity contribution is 0.102. The Morgan fingerprint density at radius 3 is 2.64 bits per heavy atom. The smallest absolute Gasteiger partial charge is 0.259 e. The van der Waals surface area contributed by atoms with Crippen LogP contribution in [0.5, 0.6) is 0 Å². The molecule has 0 aliphatic rings. The number of tetrazole rings is 1. The lowest BCUT2D eigenvalue weighted by atomic mass is 10.1. The molecule has 1 aromatic carbocycles. The molecule has 0 spiro atoms. The largest absolute Gasteiger partial charge is 0.322 e. The second-order valence-corrected chi connectivity index (χ2v) is 5.88. The third-order valence-electron chi connectivity index (χ3n) is 3.25. The molecule has 2 heterocycles. The van der Waals surface area contributed by atoms with Crippen molar-refractivity contribution in [3.63, 3.8) is 0 Å². The van der Waals surface area contributed by atoms with E-state index in [-0.39, 0.29) is 11.7 Å². The summed E-state index contributed by atoms with van der Waals surface area (Å²) in [6.45, 7) is 3.81. The third-order valence-corrected chi connectivity index (χ3v) is 4.45. The molecule has 0 bridgehead atoms. The molecule has 0 fully saturated rings. The van der Waals surface area contributed by atoms with Crippen LogP contribution < -0.4 is 5.32 Å². The summed E-state index contributed by atoms with van der Waals surface area (Å²) < 4.78 is 14.4. The molecule has 0 radical (unpaired) electrons. The molecule has 3 aromatic rings. The molecule has 2 aromatic heterocycles. The minimum absolute atomic E-state index is 0.279. The van der Waals surface area contributed by atoms with Crippen LogP contribution in [0, 0.1) is 19.7 Å². The summed E-state index contributed by atoms with van der Waals surface area (Å²) in [6, 6.07) is 5.62. The molecule has 0 aliphatic carbocycles. The summed E-state index contributed by atoms with van der Waals surface area (Å²) in [5, 5.41) is 14.4. The lowest BCUT2D eigenvalue weighted by Crippen LogP contribution is -2.15. The highest BCUT2D eigenvalue weighted by molar-refractivity contribution is 7.15. The molecule has 0 aliphatic heterocycles. The summed E-state index contributed by atoms with van der Waals surface area (Å²) in [4.78, 5) is 13.6. The first-order valence-electron chi connectivity index (χ1n) is 6.46. The van der Waals surface area contributed by atoms with Gasteiger partial charge in [0.15, 0.2) is 0 Å². The number of carbonyl (C=O) groups excluding carboxylic acids is 1. The molecule has 0 atom stereocenters. The molecule has 3 rings (SSSR count). The Morgan fingerprint density at radius 1 is 1.27 bits per heavy atom. The summed E-state index contributed by atoms with van der Waals surface area (Å²) in [6.07, 6.45) is 1.44. The predicted octanol–water partition coefficient (Wildman–Crippen LogP) is 2.73. The number of hydrogen-bond acceptors (Lipinski definition) is 5. The van der Waals surface area contributed by atoms with Crippen LogP contribution in [0.25, 0.3) is 5.00 Å². The van der Waals surface area contributed by atoms with Crippen molar-refractivity contribution in [3.05, 3.63) is 52.4 Å². The Morgan fingerprint density at radius 2 is 2.00 bits per heavy atom. The fourth-order valence-electron chi connectivity index (χ4n) is 2.02. The Hall–Kier alpha value is -2.61. The summed E-state index contributed by atoms with van der Waals surface area (Å²) in [5.41, 5.74) is 1.91. The molecule has 6 nitrogen and oxygen atoms in total. The van der Waals surface area contributed by atoms with Crippen LogP contribution in [0.4, 0.5) is 10.1 Å². The van der Waals surface area contributed by atoms with E-state index in [1.807, 2.05) is 13.8 Å². The topological polar surface area (TPSA) is 72.7 Å². The zero-order valence-corrected chi connectivity index (χ0v) is 12.7. The third kappa shape index (κ3) is 2.60. The van der Waals surface area contributed by atoms with E-state index in [0.29, 0.717) is 16.3 Å². The zero-order valence-electron chi connectivity index (χ0n) is 11.9. The summed E-state index contributed by atoms with van der Waals surface area (Å²) in [7, 11) is 0. The van der Waals surface area contributed by atoms with Crippen LogP contribution in [-0.2, 0) is 0 Å². The van der Waals surface area contributed by atoms with Crippen LogP contribution in [-0.4, -0.2) is 26.1 Å². The van der Waals surface area contributed by atoms with Crippen molar-refractivity contribution >= 4 is 22.9 Å². The SMILES string of the molecule is Cc1sc(-n2cnnn2)c(C(=O)Nc2ccc(F)cc2)c1C. The van der Waals surface area contributed by atoms with Gasteiger partial charge in [-0.25, -0.2) is 4.39 Å². The van der Waals surface area contributed by atoms with E-state index >= 15 is 0 Å². The zero-order chi connectivity index (χ0) is 15.7. The van der Waals surface area contributed by atoms with Gasteiger partial charge in [-0.3, -0.25) is 4.79 Å². The van der Waals surface area contributed by atoms with Gasteiger partial charge in [0.05, 0.1) is 5.56 Å². The number of anilines is 1. The van der Waals surface area contributed by atoms with E-state index in [1.165, 1.54) is 46.6 Å². The minimum atomic E-state index is -0.352. The molecule has 0 saturated carbocycles. The average molecular weight is 317 g/mol. The molecule has 8 heteroatoms. The van der Waals surface area contributed by atoms with Gasteiger partial charge in [-0.15, -0.1) is 16.4 Å². The maximum Gasteiger partial charge on any atom is 0.259 e. The van der Waals surface area contributed by atoms with Gasteiger partial charge in [0, 0.05) is 10.6 Å². The van der Waals surface area contributed by atoms with Gasteiger partial charge in [-0.2, -0.15) is 4.68 Å². The van der Waals surface area contributed by atoms with Crippen LogP contribution in [0.15, 0.2) is 30.6 Å². The van der Waals surface area contributed by atoms with Crippen molar-refractivity contribution in [1.29, 1.82) is 0 Å². The van der Waals surface area contributed by atoms with Crippen molar-refractivity contribution in [1.82, 2.24) is 20.2 Å². The Labute approximate surface area is 129 Å². The molecule has 22 heavy (non-hydrogen) atoms. The van der Waals surface area contributed by atoms with Gasteiger partial charge in [-0.1, -0.05) is 0 Å². The van der Waals surface area contributed by atoms with Crippen LogP contribution in [0.1, 0.15) is 20.8 Å². The van der Waals surface area contributed by atoms with E-state index in [9.17, 15) is 9.18 Å². The molecule has 0 unspecified atom stereocenters. The average Bonchev–Trinajstić information content (AvgIpc) is 3.11. The number of amides is 1. The lowest BCUT2D eigenvalue weighted by Gasteiger charge is -2.07. The van der Waals surface area contributed by atoms with E-state index in [2.05, 4.69) is 20.8 Å². The Bertz CT molecular complexity index is 811. The first-order valence-corrected chi connectivity index (χ1v) is 7.28. The summed E-state index contributed by atoms with van der Waals surface area (Å²) in [5.74, 6) is -0.631. The number of nitrogens with zero attached hydrogens (tertiary/aromatic N) is 4.